The van der Waals surface area contributed by atoms with Crippen LogP contribution in [0, 0.1) is 0 Å². The van der Waals surface area contributed by atoms with Gasteiger partial charge in [-0.05, 0) is 37.1 Å². The summed E-state index contributed by atoms with van der Waals surface area (Å²) in [5.41, 5.74) is 2.24. The third-order valence-corrected chi connectivity index (χ3v) is 3.05. The average molecular weight is 273 g/mol. The van der Waals surface area contributed by atoms with Crippen molar-refractivity contribution in [1.82, 2.24) is 15.1 Å². The zero-order valence-corrected chi connectivity index (χ0v) is 11.3. The van der Waals surface area contributed by atoms with Crippen LogP contribution in [-0.2, 0) is 11.3 Å². The third-order valence-electron chi connectivity index (χ3n) is 3.05. The summed E-state index contributed by atoms with van der Waals surface area (Å²) in [7, 11) is 0. The summed E-state index contributed by atoms with van der Waals surface area (Å²) in [5, 5.41) is 16.2. The number of para-hydroxylation sites is 1. The van der Waals surface area contributed by atoms with Crippen LogP contribution >= 0.6 is 0 Å². The van der Waals surface area contributed by atoms with Crippen LogP contribution in [0.15, 0.2) is 42.7 Å². The molecule has 0 saturated carbocycles. The van der Waals surface area contributed by atoms with Crippen molar-refractivity contribution >= 4 is 5.97 Å². The van der Waals surface area contributed by atoms with Crippen molar-refractivity contribution in [3.05, 3.63) is 48.3 Å². The van der Waals surface area contributed by atoms with Crippen LogP contribution in [0.25, 0.3) is 5.69 Å². The van der Waals surface area contributed by atoms with Crippen LogP contribution in [0.2, 0.25) is 0 Å². The number of nitrogens with one attached hydrogen (secondary N) is 1. The van der Waals surface area contributed by atoms with Gasteiger partial charge in [0.1, 0.15) is 0 Å². The second-order valence-electron chi connectivity index (χ2n) is 4.61. The molecule has 0 bridgehead atoms. The summed E-state index contributed by atoms with van der Waals surface area (Å²) >= 11 is 0. The van der Waals surface area contributed by atoms with Gasteiger partial charge in [-0.3, -0.25) is 4.79 Å². The lowest BCUT2D eigenvalue weighted by Gasteiger charge is -2.10. The fourth-order valence-corrected chi connectivity index (χ4v) is 2.04. The first-order valence-corrected chi connectivity index (χ1v) is 6.78. The molecule has 0 saturated heterocycles. The molecule has 1 aromatic carbocycles. The maximum atomic E-state index is 10.4. The Morgan fingerprint density at radius 2 is 2.10 bits per heavy atom. The molecule has 5 heteroatoms. The zero-order chi connectivity index (χ0) is 14.2. The van der Waals surface area contributed by atoms with Gasteiger partial charge in [-0.15, -0.1) is 0 Å². The summed E-state index contributed by atoms with van der Waals surface area (Å²) in [5.74, 6) is -0.728. The van der Waals surface area contributed by atoms with E-state index in [4.69, 9.17) is 5.11 Å². The van der Waals surface area contributed by atoms with Crippen LogP contribution < -0.4 is 5.32 Å². The molecular weight excluding hydrogens is 254 g/mol. The predicted octanol–water partition coefficient (Wildman–Crippen LogP) is 2.22. The van der Waals surface area contributed by atoms with Gasteiger partial charge in [-0.2, -0.15) is 5.10 Å². The molecule has 106 valence electrons. The number of carboxylic acids is 1. The average Bonchev–Trinajstić information content (AvgIpc) is 2.97. The number of hydrogen-bond donors (Lipinski definition) is 2. The first-order valence-electron chi connectivity index (χ1n) is 6.78. The number of aliphatic carboxylic acids is 1. The van der Waals surface area contributed by atoms with E-state index in [0.717, 1.165) is 25.2 Å². The van der Waals surface area contributed by atoms with Gasteiger partial charge in [0.2, 0.25) is 0 Å². The largest absolute Gasteiger partial charge is 0.481 e. The van der Waals surface area contributed by atoms with Gasteiger partial charge in [0.25, 0.3) is 0 Å². The Morgan fingerprint density at radius 1 is 1.25 bits per heavy atom. The molecular formula is C15H19N3O2. The summed E-state index contributed by atoms with van der Waals surface area (Å²) in [6.45, 7) is 1.57. The van der Waals surface area contributed by atoms with E-state index < -0.39 is 5.97 Å². The van der Waals surface area contributed by atoms with Crippen molar-refractivity contribution in [2.24, 2.45) is 0 Å². The van der Waals surface area contributed by atoms with Crippen molar-refractivity contribution in [2.75, 3.05) is 6.54 Å². The van der Waals surface area contributed by atoms with E-state index >= 15 is 0 Å². The van der Waals surface area contributed by atoms with E-state index in [1.807, 2.05) is 35.1 Å². The number of nitrogens with zero attached hydrogens (tertiary/aromatic N) is 2. The standard InChI is InChI=1S/C15H19N3O2/c19-15(20)8-3-4-9-16-12-13-6-1-2-7-14(13)18-11-5-10-17-18/h1-2,5-7,10-11,16H,3-4,8-9,12H2,(H,19,20). The predicted molar refractivity (Wildman–Crippen MR) is 76.8 cm³/mol. The minimum atomic E-state index is -0.728. The molecule has 5 nitrogen and oxygen atoms in total. The molecule has 2 aromatic rings. The fraction of sp³-hybridized carbons (Fsp3) is 0.333. The van der Waals surface area contributed by atoms with Crippen molar-refractivity contribution in [1.29, 1.82) is 0 Å². The first kappa shape index (κ1) is 14.3. The molecule has 20 heavy (non-hydrogen) atoms. The highest BCUT2D eigenvalue weighted by Gasteiger charge is 2.03. The lowest BCUT2D eigenvalue weighted by atomic mass is 10.1. The number of unbranched alkanes of at least 4 members (excludes halogenated alkanes) is 1. The Hall–Kier alpha value is -2.14. The monoisotopic (exact) mass is 273 g/mol. The minimum absolute atomic E-state index is 0.242. The topological polar surface area (TPSA) is 67.2 Å². The third kappa shape index (κ3) is 4.20. The number of carboxylic acid groups (broad SMARTS) is 1. The molecule has 0 atom stereocenters. The Kier molecular flexibility index (Phi) is 5.32. The van der Waals surface area contributed by atoms with Crippen LogP contribution in [0.4, 0.5) is 0 Å². The van der Waals surface area contributed by atoms with E-state index in [2.05, 4.69) is 16.5 Å². The Labute approximate surface area is 118 Å². The quantitative estimate of drug-likeness (QED) is 0.724. The number of hydrogen-bond acceptors (Lipinski definition) is 3. The van der Waals surface area contributed by atoms with Gasteiger partial charge in [-0.25, -0.2) is 4.68 Å². The van der Waals surface area contributed by atoms with Crippen molar-refractivity contribution < 1.29 is 9.90 Å². The van der Waals surface area contributed by atoms with Crippen LogP contribution in [0.1, 0.15) is 24.8 Å². The molecule has 0 amide bonds. The van der Waals surface area contributed by atoms with Gasteiger partial charge >= 0.3 is 5.97 Å². The number of aromatic nitrogens is 2. The van der Waals surface area contributed by atoms with E-state index in [1.54, 1.807) is 6.20 Å². The molecule has 0 fully saturated rings. The van der Waals surface area contributed by atoms with E-state index in [1.165, 1.54) is 5.56 Å². The van der Waals surface area contributed by atoms with Gasteiger partial charge in [0.05, 0.1) is 5.69 Å². The Morgan fingerprint density at radius 3 is 2.85 bits per heavy atom. The first-order chi connectivity index (χ1) is 9.77. The maximum Gasteiger partial charge on any atom is 0.303 e. The smallest absolute Gasteiger partial charge is 0.303 e. The lowest BCUT2D eigenvalue weighted by Crippen LogP contribution is -2.16. The molecule has 0 aliphatic rings. The second-order valence-corrected chi connectivity index (χ2v) is 4.61. The summed E-state index contributed by atoms with van der Waals surface area (Å²) in [6, 6.07) is 10.0. The second kappa shape index (κ2) is 7.45. The van der Waals surface area contributed by atoms with E-state index in [9.17, 15) is 4.79 Å². The number of carbonyl (C=O) groups is 1. The Balaban J connectivity index is 1.83. The van der Waals surface area contributed by atoms with Crippen LogP contribution in [-0.4, -0.2) is 27.4 Å². The van der Waals surface area contributed by atoms with Crippen molar-refractivity contribution in [3.8, 4) is 5.69 Å². The SMILES string of the molecule is O=C(O)CCCCNCc1ccccc1-n1cccn1. The van der Waals surface area contributed by atoms with E-state index in [-0.39, 0.29) is 6.42 Å². The highest BCUT2D eigenvalue weighted by Crippen LogP contribution is 2.13. The van der Waals surface area contributed by atoms with E-state index in [0.29, 0.717) is 6.42 Å². The zero-order valence-electron chi connectivity index (χ0n) is 11.3. The highest BCUT2D eigenvalue weighted by atomic mass is 16.4. The van der Waals surface area contributed by atoms with Gasteiger partial charge < -0.3 is 10.4 Å². The maximum absolute atomic E-state index is 10.4. The van der Waals surface area contributed by atoms with Crippen molar-refractivity contribution in [3.63, 3.8) is 0 Å². The molecule has 0 unspecified atom stereocenters. The molecule has 0 radical (unpaired) electrons. The Bertz CT molecular complexity index is 538. The molecule has 0 spiro atoms. The summed E-state index contributed by atoms with van der Waals surface area (Å²) in [6.07, 6.45) is 5.51. The minimum Gasteiger partial charge on any atom is -0.481 e. The van der Waals surface area contributed by atoms with Gasteiger partial charge in [-0.1, -0.05) is 18.2 Å². The number of benzene rings is 1. The molecule has 1 aromatic heterocycles. The number of rotatable bonds is 8. The van der Waals surface area contributed by atoms with Crippen LogP contribution in [0.5, 0.6) is 0 Å². The fourth-order valence-electron chi connectivity index (χ4n) is 2.04. The molecule has 2 N–H and O–H groups in total. The van der Waals surface area contributed by atoms with Crippen LogP contribution in [0.3, 0.4) is 0 Å². The summed E-state index contributed by atoms with van der Waals surface area (Å²) in [4.78, 5) is 10.4. The summed E-state index contributed by atoms with van der Waals surface area (Å²) < 4.78 is 1.85. The molecule has 0 aliphatic heterocycles. The van der Waals surface area contributed by atoms with Gasteiger partial charge in [0.15, 0.2) is 0 Å². The molecule has 2 rings (SSSR count). The van der Waals surface area contributed by atoms with Gasteiger partial charge in [0, 0.05) is 25.4 Å². The molecule has 0 aliphatic carbocycles. The van der Waals surface area contributed by atoms with Crippen molar-refractivity contribution in [2.45, 2.75) is 25.8 Å². The highest BCUT2D eigenvalue weighted by molar-refractivity contribution is 5.66. The lowest BCUT2D eigenvalue weighted by molar-refractivity contribution is -0.137. The normalized spacial score (nSPS) is 10.6. The molecule has 1 heterocycles.